The molecule has 0 bridgehead atoms. The fourth-order valence-electron chi connectivity index (χ4n) is 3.46. The molecule has 1 aliphatic carbocycles. The van der Waals surface area contributed by atoms with Gasteiger partial charge in [-0.15, -0.1) is 4.33 Å². The molecule has 26 heavy (non-hydrogen) atoms. The van der Waals surface area contributed by atoms with Crippen molar-refractivity contribution in [1.29, 1.82) is 0 Å². The van der Waals surface area contributed by atoms with Crippen LogP contribution in [0.2, 0.25) is 0 Å². The summed E-state index contributed by atoms with van der Waals surface area (Å²) in [4.78, 5) is 0.869. The Morgan fingerprint density at radius 3 is 2.00 bits per heavy atom. The van der Waals surface area contributed by atoms with Crippen LogP contribution in [0.4, 0.5) is 0 Å². The van der Waals surface area contributed by atoms with Gasteiger partial charge in [0.2, 0.25) is 0 Å². The van der Waals surface area contributed by atoms with E-state index in [1.165, 1.54) is 27.8 Å². The molecule has 0 amide bonds. The lowest BCUT2D eigenvalue weighted by molar-refractivity contribution is -0.432. The van der Waals surface area contributed by atoms with Crippen LogP contribution in [-0.2, 0) is 22.2 Å². The summed E-state index contributed by atoms with van der Waals surface area (Å²) in [6, 6.07) is 25.1. The molecule has 130 valence electrons. The van der Waals surface area contributed by atoms with E-state index in [0.717, 1.165) is 35.3 Å². The van der Waals surface area contributed by atoms with E-state index in [9.17, 15) is 0 Å². The Hall–Kier alpha value is -2.37. The molecule has 3 nitrogen and oxygen atoms in total. The number of aryl methyl sites for hydroxylation is 2. The minimum atomic E-state index is 0.869. The molecule has 4 heteroatoms. The van der Waals surface area contributed by atoms with Crippen molar-refractivity contribution in [1.82, 2.24) is 0 Å². The van der Waals surface area contributed by atoms with Crippen LogP contribution in [0.3, 0.4) is 0 Å². The molecule has 0 saturated carbocycles. The Morgan fingerprint density at radius 1 is 0.769 bits per heavy atom. The first-order valence-corrected chi connectivity index (χ1v) is 9.23. The maximum atomic E-state index is 8.48. The zero-order valence-corrected chi connectivity index (χ0v) is 14.9. The Morgan fingerprint density at radius 2 is 1.35 bits per heavy atom. The molecule has 4 rings (SSSR count). The van der Waals surface area contributed by atoms with Crippen LogP contribution in [0, 0.1) is 0 Å². The first-order valence-electron chi connectivity index (χ1n) is 8.49. The normalized spacial score (nSPS) is 12.9. The van der Waals surface area contributed by atoms with E-state index in [0.29, 0.717) is 0 Å². The zero-order valence-electron chi connectivity index (χ0n) is 14.1. The second-order valence-corrected chi connectivity index (χ2v) is 6.88. The van der Waals surface area contributed by atoms with Crippen molar-refractivity contribution >= 4 is 23.7 Å². The number of hydrogen-bond acceptors (Lipinski definition) is 4. The molecular weight excluding hydrogens is 344 g/mol. The third kappa shape index (κ3) is 3.45. The molecule has 1 aliphatic rings. The van der Waals surface area contributed by atoms with Gasteiger partial charge in [0.15, 0.2) is 0 Å². The van der Waals surface area contributed by atoms with Crippen molar-refractivity contribution in [2.45, 2.75) is 17.7 Å². The van der Waals surface area contributed by atoms with Crippen LogP contribution in [0.25, 0.3) is 11.6 Å². The van der Waals surface area contributed by atoms with Crippen molar-refractivity contribution in [2.75, 3.05) is 0 Å². The summed E-state index contributed by atoms with van der Waals surface area (Å²) in [5.74, 6) is 0. The van der Waals surface area contributed by atoms with Crippen LogP contribution in [0.15, 0.2) is 77.7 Å². The molecule has 1 N–H and O–H groups in total. The number of benzene rings is 3. The van der Waals surface area contributed by atoms with Gasteiger partial charge in [0, 0.05) is 4.90 Å². The maximum Gasteiger partial charge on any atom is 0.0720 e. The topological polar surface area (TPSA) is 38.7 Å². The third-order valence-corrected chi connectivity index (χ3v) is 5.33. The average molecular weight is 362 g/mol. The van der Waals surface area contributed by atoms with Crippen molar-refractivity contribution < 1.29 is 14.6 Å². The van der Waals surface area contributed by atoms with Gasteiger partial charge in [0.1, 0.15) is 0 Å². The third-order valence-electron chi connectivity index (χ3n) is 4.65. The van der Waals surface area contributed by atoms with Gasteiger partial charge in [-0.25, -0.2) is 5.26 Å². The Kier molecular flexibility index (Phi) is 5.18. The predicted molar refractivity (Wildman–Crippen MR) is 104 cm³/mol. The fraction of sp³-hybridized carbons (Fsp3) is 0.0909. The Balaban J connectivity index is 1.89. The molecule has 0 spiro atoms. The number of hydrogen-bond donors (Lipinski definition) is 1. The van der Waals surface area contributed by atoms with Gasteiger partial charge in [-0.3, -0.25) is 0 Å². The summed E-state index contributed by atoms with van der Waals surface area (Å²) in [6.07, 6.45) is 4.25. The molecule has 0 fully saturated rings. The predicted octanol–water partition coefficient (Wildman–Crippen LogP) is 5.80. The minimum Gasteiger partial charge on any atom is -0.220 e. The summed E-state index contributed by atoms with van der Waals surface area (Å²) >= 11 is 0.987. The van der Waals surface area contributed by atoms with Gasteiger partial charge in [-0.2, -0.15) is 0 Å². The molecule has 3 aromatic rings. The van der Waals surface area contributed by atoms with E-state index < -0.39 is 0 Å². The first kappa shape index (κ1) is 17.1. The standard InChI is InChI=1S/C22H18O3S/c23-24-25-26-22-12-6-3-9-18(22)15-21-19-10-4-1-7-16(19)13-14-17-8-2-5-11-20(17)21/h1-12,15,23H,13-14H2. The SMILES string of the molecule is OOOSc1ccccc1C=C1c2ccccc2CCc2ccccc21. The van der Waals surface area contributed by atoms with Crippen LogP contribution in [0.1, 0.15) is 27.8 Å². The highest BCUT2D eigenvalue weighted by atomic mass is 32.2. The quantitative estimate of drug-likeness (QED) is 0.361. The molecule has 0 radical (unpaired) electrons. The minimum absolute atomic E-state index is 0.869. The summed E-state index contributed by atoms with van der Waals surface area (Å²) in [7, 11) is 0. The van der Waals surface area contributed by atoms with Crippen LogP contribution in [0.5, 0.6) is 0 Å². The summed E-state index contributed by atoms with van der Waals surface area (Å²) in [5, 5.41) is 12.2. The van der Waals surface area contributed by atoms with Crippen molar-refractivity contribution in [3.8, 4) is 0 Å². The Labute approximate surface area is 157 Å². The van der Waals surface area contributed by atoms with Crippen molar-refractivity contribution in [2.24, 2.45) is 0 Å². The van der Waals surface area contributed by atoms with E-state index >= 15 is 0 Å². The van der Waals surface area contributed by atoms with Gasteiger partial charge < -0.3 is 0 Å². The van der Waals surface area contributed by atoms with E-state index in [-0.39, 0.29) is 0 Å². The average Bonchev–Trinajstić information content (AvgIpc) is 2.85. The first-order chi connectivity index (χ1) is 12.9. The van der Waals surface area contributed by atoms with Crippen molar-refractivity contribution in [3.63, 3.8) is 0 Å². The smallest absolute Gasteiger partial charge is 0.0720 e. The van der Waals surface area contributed by atoms with Gasteiger partial charge in [0.05, 0.1) is 12.0 Å². The largest absolute Gasteiger partial charge is 0.220 e. The highest BCUT2D eigenvalue weighted by molar-refractivity contribution is 7.94. The second kappa shape index (κ2) is 7.89. The van der Waals surface area contributed by atoms with Gasteiger partial charge in [-0.05, 0) is 58.4 Å². The van der Waals surface area contributed by atoms with E-state index in [1.807, 2.05) is 24.3 Å². The van der Waals surface area contributed by atoms with Crippen LogP contribution < -0.4 is 0 Å². The monoisotopic (exact) mass is 362 g/mol. The number of fused-ring (bicyclic) bond motifs is 2. The molecule has 0 atom stereocenters. The summed E-state index contributed by atoms with van der Waals surface area (Å²) in [6.45, 7) is 0. The van der Waals surface area contributed by atoms with Gasteiger partial charge in [0.25, 0.3) is 0 Å². The lowest BCUT2D eigenvalue weighted by Crippen LogP contribution is -1.93. The zero-order chi connectivity index (χ0) is 17.8. The molecule has 0 heterocycles. The summed E-state index contributed by atoms with van der Waals surface area (Å²) in [5.41, 5.74) is 7.45. The van der Waals surface area contributed by atoms with Gasteiger partial charge >= 0.3 is 0 Å². The summed E-state index contributed by atoms with van der Waals surface area (Å²) < 4.78 is 4.66. The van der Waals surface area contributed by atoms with Crippen molar-refractivity contribution in [3.05, 3.63) is 101 Å². The van der Waals surface area contributed by atoms with E-state index in [2.05, 4.69) is 64.0 Å². The van der Waals surface area contributed by atoms with Crippen LogP contribution >= 0.6 is 12.0 Å². The molecule has 0 aliphatic heterocycles. The molecule has 0 saturated heterocycles. The number of rotatable bonds is 4. The second-order valence-electron chi connectivity index (χ2n) is 6.14. The molecular formula is C22H18O3S. The molecule has 0 aromatic heterocycles. The van der Waals surface area contributed by atoms with Crippen LogP contribution in [-0.4, -0.2) is 5.26 Å². The fourth-order valence-corrected chi connectivity index (χ4v) is 3.92. The van der Waals surface area contributed by atoms with Gasteiger partial charge in [-0.1, -0.05) is 71.8 Å². The lowest BCUT2D eigenvalue weighted by Gasteiger charge is -2.13. The van der Waals surface area contributed by atoms with E-state index in [1.54, 1.807) is 0 Å². The lowest BCUT2D eigenvalue weighted by atomic mass is 9.92. The maximum absolute atomic E-state index is 8.48. The molecule has 3 aromatic carbocycles. The highest BCUT2D eigenvalue weighted by Gasteiger charge is 2.18. The van der Waals surface area contributed by atoms with E-state index in [4.69, 9.17) is 5.26 Å². The molecule has 0 unspecified atom stereocenters. The highest BCUT2D eigenvalue weighted by Crippen LogP contribution is 2.36. The Bertz CT molecular complexity index is 900.